The van der Waals surface area contributed by atoms with Crippen LogP contribution in [0.5, 0.6) is 17.2 Å². The highest BCUT2D eigenvalue weighted by molar-refractivity contribution is 7.71. The summed E-state index contributed by atoms with van der Waals surface area (Å²) in [5.74, 6) is 2.39. The number of hydrogen-bond donors (Lipinski definition) is 1. The highest BCUT2D eigenvalue weighted by Crippen LogP contribution is 2.33. The van der Waals surface area contributed by atoms with E-state index in [0.717, 1.165) is 11.1 Å². The van der Waals surface area contributed by atoms with Gasteiger partial charge in [-0.1, -0.05) is 24.3 Å². The van der Waals surface area contributed by atoms with Gasteiger partial charge in [0.1, 0.15) is 5.75 Å². The number of aromatic nitrogens is 3. The monoisotopic (exact) mass is 384 g/mol. The molecule has 8 heteroatoms. The van der Waals surface area contributed by atoms with Gasteiger partial charge in [-0.2, -0.15) is 14.9 Å². The molecule has 0 fully saturated rings. The Kier molecular flexibility index (Phi) is 5.56. The van der Waals surface area contributed by atoms with Gasteiger partial charge in [-0.05, 0) is 30.8 Å². The maximum Gasteiger partial charge on any atom is 0.216 e. The van der Waals surface area contributed by atoms with Gasteiger partial charge in [0.15, 0.2) is 17.3 Å². The lowest BCUT2D eigenvalue weighted by Gasteiger charge is -2.12. The Morgan fingerprint density at radius 3 is 2.37 bits per heavy atom. The molecule has 0 saturated heterocycles. The molecule has 0 radical (unpaired) electrons. The molecule has 0 aliphatic heterocycles. The summed E-state index contributed by atoms with van der Waals surface area (Å²) in [5.41, 5.74) is 2.74. The summed E-state index contributed by atoms with van der Waals surface area (Å²) in [4.78, 5) is 0. The van der Waals surface area contributed by atoms with Crippen molar-refractivity contribution in [1.82, 2.24) is 14.9 Å². The number of methoxy groups -OCH3 is 3. The van der Waals surface area contributed by atoms with E-state index < -0.39 is 0 Å². The van der Waals surface area contributed by atoms with Crippen molar-refractivity contribution < 1.29 is 14.2 Å². The van der Waals surface area contributed by atoms with E-state index in [1.54, 1.807) is 44.4 Å². The van der Waals surface area contributed by atoms with E-state index in [1.165, 1.54) is 0 Å². The highest BCUT2D eigenvalue weighted by atomic mass is 32.1. The first-order valence-electron chi connectivity index (χ1n) is 8.16. The van der Waals surface area contributed by atoms with E-state index in [-0.39, 0.29) is 0 Å². The lowest BCUT2D eigenvalue weighted by Crippen LogP contribution is -1.99. The first-order valence-corrected chi connectivity index (χ1v) is 8.57. The molecule has 3 rings (SSSR count). The molecule has 0 spiro atoms. The second-order valence-electron chi connectivity index (χ2n) is 5.67. The number of aryl methyl sites for hydroxylation is 1. The topological polar surface area (TPSA) is 73.7 Å². The molecular weight excluding hydrogens is 364 g/mol. The molecule has 2 aromatic carbocycles. The number of hydrogen-bond acceptors (Lipinski definition) is 6. The van der Waals surface area contributed by atoms with Crippen molar-refractivity contribution in [1.29, 1.82) is 0 Å². The van der Waals surface area contributed by atoms with Gasteiger partial charge in [0.25, 0.3) is 0 Å². The van der Waals surface area contributed by atoms with Crippen LogP contribution < -0.4 is 14.2 Å². The molecule has 0 saturated carbocycles. The number of aromatic amines is 1. The van der Waals surface area contributed by atoms with E-state index in [1.807, 2.05) is 31.2 Å². The molecule has 0 aliphatic carbocycles. The number of rotatable bonds is 6. The standard InChI is InChI=1S/C19H20N4O3S/c1-12-7-5-6-8-14(12)18-21-22-19(27)23(18)20-11-13-9-16(25-3)17(26-4)10-15(13)24-2/h5-11H,1-4H3,(H,22,27). The summed E-state index contributed by atoms with van der Waals surface area (Å²) >= 11 is 5.34. The van der Waals surface area contributed by atoms with E-state index in [2.05, 4.69) is 15.3 Å². The van der Waals surface area contributed by atoms with Gasteiger partial charge in [0.05, 0.1) is 27.5 Å². The number of nitrogens with one attached hydrogen (secondary N) is 1. The number of ether oxygens (including phenoxy) is 3. The Labute approximate surface area is 162 Å². The van der Waals surface area contributed by atoms with Gasteiger partial charge in [-0.3, -0.25) is 0 Å². The van der Waals surface area contributed by atoms with Gasteiger partial charge in [-0.25, -0.2) is 5.10 Å². The molecule has 1 heterocycles. The van der Waals surface area contributed by atoms with Crippen LogP contribution in [0, 0.1) is 11.7 Å². The number of H-pyrrole nitrogens is 1. The molecule has 27 heavy (non-hydrogen) atoms. The van der Waals surface area contributed by atoms with Crippen LogP contribution in [0.15, 0.2) is 41.5 Å². The average Bonchev–Trinajstić information content (AvgIpc) is 3.06. The number of benzene rings is 2. The summed E-state index contributed by atoms with van der Waals surface area (Å²) in [6.45, 7) is 2.01. The first kappa shape index (κ1) is 18.7. The summed E-state index contributed by atoms with van der Waals surface area (Å²) in [6.07, 6.45) is 1.65. The molecular formula is C19H20N4O3S. The molecule has 0 unspecified atom stereocenters. The van der Waals surface area contributed by atoms with Gasteiger partial charge >= 0.3 is 0 Å². The summed E-state index contributed by atoms with van der Waals surface area (Å²) in [5, 5.41) is 11.6. The summed E-state index contributed by atoms with van der Waals surface area (Å²) in [6, 6.07) is 11.4. The quantitative estimate of drug-likeness (QED) is 0.517. The zero-order valence-electron chi connectivity index (χ0n) is 15.5. The molecule has 0 aliphatic rings. The lowest BCUT2D eigenvalue weighted by atomic mass is 10.1. The van der Waals surface area contributed by atoms with Crippen LogP contribution in [0.4, 0.5) is 0 Å². The Morgan fingerprint density at radius 1 is 1.04 bits per heavy atom. The molecule has 3 aromatic rings. The minimum atomic E-state index is 0.393. The third-order valence-electron chi connectivity index (χ3n) is 4.08. The van der Waals surface area contributed by atoms with Crippen LogP contribution in [0.2, 0.25) is 0 Å². The van der Waals surface area contributed by atoms with Crippen molar-refractivity contribution in [2.45, 2.75) is 6.92 Å². The first-order chi connectivity index (χ1) is 13.1. The lowest BCUT2D eigenvalue weighted by molar-refractivity contribution is 0.349. The van der Waals surface area contributed by atoms with Crippen LogP contribution in [-0.2, 0) is 0 Å². The fourth-order valence-electron chi connectivity index (χ4n) is 2.67. The van der Waals surface area contributed by atoms with Crippen molar-refractivity contribution >= 4 is 18.4 Å². The third-order valence-corrected chi connectivity index (χ3v) is 4.35. The second kappa shape index (κ2) is 8.05. The zero-order chi connectivity index (χ0) is 19.4. The molecule has 140 valence electrons. The molecule has 1 aromatic heterocycles. The maximum atomic E-state index is 5.44. The summed E-state index contributed by atoms with van der Waals surface area (Å²) < 4.78 is 18.1. The largest absolute Gasteiger partial charge is 0.496 e. The molecule has 1 N–H and O–H groups in total. The third kappa shape index (κ3) is 3.70. The maximum absolute atomic E-state index is 5.44. The minimum Gasteiger partial charge on any atom is -0.496 e. The fourth-order valence-corrected chi connectivity index (χ4v) is 2.85. The van der Waals surface area contributed by atoms with Crippen LogP contribution in [-0.4, -0.2) is 42.4 Å². The van der Waals surface area contributed by atoms with Crippen LogP contribution >= 0.6 is 12.2 Å². The van der Waals surface area contributed by atoms with Crippen molar-refractivity contribution in [2.24, 2.45) is 5.10 Å². The SMILES string of the molecule is COc1cc(OC)c(OC)cc1C=Nn1c(-c2ccccc2C)n[nH]c1=S. The molecule has 0 atom stereocenters. The van der Waals surface area contributed by atoms with Gasteiger partial charge in [-0.15, -0.1) is 0 Å². The van der Waals surface area contributed by atoms with Gasteiger partial charge in [0.2, 0.25) is 4.77 Å². The summed E-state index contributed by atoms with van der Waals surface area (Å²) in [7, 11) is 4.74. The van der Waals surface area contributed by atoms with Gasteiger partial charge < -0.3 is 14.2 Å². The van der Waals surface area contributed by atoms with Crippen molar-refractivity contribution in [3.8, 4) is 28.6 Å². The second-order valence-corrected chi connectivity index (χ2v) is 6.06. The normalized spacial score (nSPS) is 11.0. The Morgan fingerprint density at radius 2 is 1.70 bits per heavy atom. The van der Waals surface area contributed by atoms with E-state index in [9.17, 15) is 0 Å². The van der Waals surface area contributed by atoms with E-state index in [0.29, 0.717) is 33.4 Å². The van der Waals surface area contributed by atoms with Crippen LogP contribution in [0.25, 0.3) is 11.4 Å². The van der Waals surface area contributed by atoms with E-state index in [4.69, 9.17) is 26.4 Å². The Balaban J connectivity index is 2.07. The van der Waals surface area contributed by atoms with E-state index >= 15 is 0 Å². The van der Waals surface area contributed by atoms with Crippen LogP contribution in [0.3, 0.4) is 0 Å². The Bertz CT molecular complexity index is 1040. The smallest absolute Gasteiger partial charge is 0.216 e. The van der Waals surface area contributed by atoms with Crippen molar-refractivity contribution in [2.75, 3.05) is 21.3 Å². The molecule has 7 nitrogen and oxygen atoms in total. The van der Waals surface area contributed by atoms with Crippen LogP contribution in [0.1, 0.15) is 11.1 Å². The van der Waals surface area contributed by atoms with Crippen molar-refractivity contribution in [3.05, 3.63) is 52.3 Å². The molecule has 0 amide bonds. The molecule has 0 bridgehead atoms. The predicted octanol–water partition coefficient (Wildman–Crippen LogP) is 3.82. The zero-order valence-corrected chi connectivity index (χ0v) is 16.3. The highest BCUT2D eigenvalue weighted by Gasteiger charge is 2.13. The predicted molar refractivity (Wildman–Crippen MR) is 107 cm³/mol. The minimum absolute atomic E-state index is 0.393. The van der Waals surface area contributed by atoms with Crippen molar-refractivity contribution in [3.63, 3.8) is 0 Å². The average molecular weight is 384 g/mol. The fraction of sp³-hybridized carbons (Fsp3) is 0.211. The number of nitrogens with zero attached hydrogens (tertiary/aromatic N) is 3. The Hall–Kier alpha value is -3.13. The van der Waals surface area contributed by atoms with Gasteiger partial charge in [0, 0.05) is 17.2 Å².